The molecule has 0 bridgehead atoms. The standard InChI is InChI=1S/C26H28N6O2/c1-2-29-14-16-30(17-15-29)25(33)20-18-21-24(28-22-10-6-7-12-31(22)26(21)34)32(23(20)27)13-11-19-8-4-3-5-9-19/h3-10,12,18,27H,2,11,13-17H2,1H3. The van der Waals surface area contributed by atoms with Crippen LogP contribution < -0.4 is 11.0 Å². The molecule has 1 fully saturated rings. The third kappa shape index (κ3) is 4.01. The van der Waals surface area contributed by atoms with Gasteiger partial charge < -0.3 is 14.4 Å². The Labute approximate surface area is 197 Å². The summed E-state index contributed by atoms with van der Waals surface area (Å²) in [4.78, 5) is 35.7. The van der Waals surface area contributed by atoms with Crippen LogP contribution in [-0.4, -0.2) is 62.4 Å². The number of benzene rings is 1. The van der Waals surface area contributed by atoms with Crippen LogP contribution in [0.2, 0.25) is 0 Å². The molecule has 0 atom stereocenters. The molecular formula is C26H28N6O2. The van der Waals surface area contributed by atoms with Gasteiger partial charge in [-0.15, -0.1) is 0 Å². The summed E-state index contributed by atoms with van der Waals surface area (Å²) in [6.45, 7) is 6.36. The Morgan fingerprint density at radius 1 is 1.03 bits per heavy atom. The first-order chi connectivity index (χ1) is 16.6. The maximum Gasteiger partial charge on any atom is 0.267 e. The van der Waals surface area contributed by atoms with E-state index in [2.05, 4.69) is 11.8 Å². The minimum atomic E-state index is -0.237. The molecule has 0 radical (unpaired) electrons. The molecule has 0 saturated carbocycles. The van der Waals surface area contributed by atoms with Crippen molar-refractivity contribution in [3.63, 3.8) is 0 Å². The van der Waals surface area contributed by atoms with Gasteiger partial charge in [-0.1, -0.05) is 43.3 Å². The lowest BCUT2D eigenvalue weighted by Gasteiger charge is -2.34. The number of carbonyl (C=O) groups excluding carboxylic acids is 1. The molecule has 0 aliphatic carbocycles. The van der Waals surface area contributed by atoms with E-state index in [0.29, 0.717) is 42.7 Å². The summed E-state index contributed by atoms with van der Waals surface area (Å²) in [6, 6.07) is 17.0. The van der Waals surface area contributed by atoms with Crippen molar-refractivity contribution in [3.8, 4) is 0 Å². The molecule has 3 aromatic heterocycles. The normalized spacial score (nSPS) is 14.7. The summed E-state index contributed by atoms with van der Waals surface area (Å²) >= 11 is 0. The fraction of sp³-hybridized carbons (Fsp3) is 0.308. The molecule has 4 heterocycles. The maximum atomic E-state index is 13.5. The molecule has 34 heavy (non-hydrogen) atoms. The van der Waals surface area contributed by atoms with Gasteiger partial charge in [-0.25, -0.2) is 4.98 Å². The molecule has 8 nitrogen and oxygen atoms in total. The monoisotopic (exact) mass is 456 g/mol. The fourth-order valence-corrected chi connectivity index (χ4v) is 4.59. The van der Waals surface area contributed by atoms with Crippen LogP contribution in [0.15, 0.2) is 65.6 Å². The van der Waals surface area contributed by atoms with Gasteiger partial charge in [0, 0.05) is 38.9 Å². The minimum Gasteiger partial charge on any atom is -0.336 e. The topological polar surface area (TPSA) is 86.7 Å². The summed E-state index contributed by atoms with van der Waals surface area (Å²) in [5.41, 5.74) is 2.18. The fourth-order valence-electron chi connectivity index (χ4n) is 4.59. The SMILES string of the molecule is CCN1CCN(C(=O)c2cc3c(=O)n4ccccc4nc3n(CCc3ccccc3)c2=N)CC1. The number of aromatic nitrogens is 3. The predicted octanol–water partition coefficient (Wildman–Crippen LogP) is 2.15. The molecule has 174 valence electrons. The van der Waals surface area contributed by atoms with E-state index in [1.807, 2.05) is 36.4 Å². The number of carbonyl (C=O) groups is 1. The van der Waals surface area contributed by atoms with Crippen molar-refractivity contribution in [1.82, 2.24) is 23.8 Å². The highest BCUT2D eigenvalue weighted by molar-refractivity contribution is 5.97. The van der Waals surface area contributed by atoms with Crippen LogP contribution in [0.5, 0.6) is 0 Å². The van der Waals surface area contributed by atoms with E-state index >= 15 is 0 Å². The van der Waals surface area contributed by atoms with Crippen molar-refractivity contribution < 1.29 is 4.79 Å². The summed E-state index contributed by atoms with van der Waals surface area (Å²) < 4.78 is 3.20. The number of fused-ring (bicyclic) bond motifs is 2. The third-order valence-corrected chi connectivity index (χ3v) is 6.62. The van der Waals surface area contributed by atoms with E-state index in [-0.39, 0.29) is 22.5 Å². The number of rotatable bonds is 5. The summed E-state index contributed by atoms with van der Waals surface area (Å²) in [5.74, 6) is -0.200. The van der Waals surface area contributed by atoms with Gasteiger partial charge in [0.25, 0.3) is 11.5 Å². The number of likely N-dealkylation sites (N-methyl/N-ethyl adjacent to an activating group) is 1. The number of aryl methyl sites for hydroxylation is 2. The number of nitrogens with one attached hydrogen (secondary N) is 1. The molecule has 0 spiro atoms. The van der Waals surface area contributed by atoms with Gasteiger partial charge in [0.15, 0.2) is 0 Å². The second-order valence-electron chi connectivity index (χ2n) is 8.60. The highest BCUT2D eigenvalue weighted by Gasteiger charge is 2.25. The molecule has 1 aliphatic heterocycles. The van der Waals surface area contributed by atoms with E-state index < -0.39 is 0 Å². The summed E-state index contributed by atoms with van der Waals surface area (Å²) in [7, 11) is 0. The van der Waals surface area contributed by atoms with Gasteiger partial charge in [-0.2, -0.15) is 0 Å². The molecule has 1 aliphatic rings. The number of pyridine rings is 2. The van der Waals surface area contributed by atoms with Gasteiger partial charge in [-0.3, -0.25) is 19.4 Å². The lowest BCUT2D eigenvalue weighted by Crippen LogP contribution is -2.49. The molecule has 0 unspecified atom stereocenters. The van der Waals surface area contributed by atoms with Gasteiger partial charge in [-0.05, 0) is 36.7 Å². The van der Waals surface area contributed by atoms with E-state index in [9.17, 15) is 9.59 Å². The molecule has 5 rings (SSSR count). The lowest BCUT2D eigenvalue weighted by molar-refractivity contribution is 0.0640. The highest BCUT2D eigenvalue weighted by atomic mass is 16.2. The summed E-state index contributed by atoms with van der Waals surface area (Å²) in [6.07, 6.45) is 2.34. The maximum absolute atomic E-state index is 13.5. The Kier molecular flexibility index (Phi) is 5.98. The van der Waals surface area contributed by atoms with Crippen molar-refractivity contribution in [2.75, 3.05) is 32.7 Å². The molecule has 4 aromatic rings. The quantitative estimate of drug-likeness (QED) is 0.466. The Balaban J connectivity index is 1.64. The van der Waals surface area contributed by atoms with Crippen LogP contribution in [0.25, 0.3) is 16.7 Å². The largest absolute Gasteiger partial charge is 0.336 e. The first-order valence-corrected chi connectivity index (χ1v) is 11.7. The Morgan fingerprint density at radius 2 is 1.76 bits per heavy atom. The smallest absolute Gasteiger partial charge is 0.267 e. The number of hydrogen-bond donors (Lipinski definition) is 1. The Hall–Kier alpha value is -3.78. The molecular weight excluding hydrogens is 428 g/mol. The summed E-state index contributed by atoms with van der Waals surface area (Å²) in [5, 5.41) is 9.30. The van der Waals surface area contributed by atoms with Gasteiger partial charge in [0.2, 0.25) is 0 Å². The molecule has 1 aromatic carbocycles. The first kappa shape index (κ1) is 22.0. The van der Waals surface area contributed by atoms with Crippen LogP contribution in [0.4, 0.5) is 0 Å². The number of hydrogen-bond acceptors (Lipinski definition) is 5. The van der Waals surface area contributed by atoms with E-state index in [1.54, 1.807) is 33.9 Å². The van der Waals surface area contributed by atoms with E-state index in [1.165, 1.54) is 4.40 Å². The van der Waals surface area contributed by atoms with Crippen molar-refractivity contribution in [1.29, 1.82) is 5.41 Å². The van der Waals surface area contributed by atoms with Gasteiger partial charge in [0.1, 0.15) is 16.8 Å². The number of piperazine rings is 1. The average Bonchev–Trinajstić information content (AvgIpc) is 2.88. The third-order valence-electron chi connectivity index (χ3n) is 6.62. The van der Waals surface area contributed by atoms with Crippen LogP contribution >= 0.6 is 0 Å². The van der Waals surface area contributed by atoms with Crippen LogP contribution in [0.3, 0.4) is 0 Å². The second kappa shape index (κ2) is 9.23. The van der Waals surface area contributed by atoms with Crippen molar-refractivity contribution in [2.24, 2.45) is 0 Å². The Morgan fingerprint density at radius 3 is 2.50 bits per heavy atom. The molecule has 8 heteroatoms. The molecule has 1 amide bonds. The van der Waals surface area contributed by atoms with Gasteiger partial charge >= 0.3 is 0 Å². The van der Waals surface area contributed by atoms with Crippen LogP contribution in [0, 0.1) is 5.41 Å². The van der Waals surface area contributed by atoms with Crippen LogP contribution in [0.1, 0.15) is 22.8 Å². The highest BCUT2D eigenvalue weighted by Crippen LogP contribution is 2.14. The number of amides is 1. The number of nitrogens with zero attached hydrogens (tertiary/aromatic N) is 5. The predicted molar refractivity (Wildman–Crippen MR) is 131 cm³/mol. The van der Waals surface area contributed by atoms with Crippen LogP contribution in [-0.2, 0) is 13.0 Å². The first-order valence-electron chi connectivity index (χ1n) is 11.7. The zero-order chi connectivity index (χ0) is 23.7. The minimum absolute atomic E-state index is 0.0959. The van der Waals surface area contributed by atoms with E-state index in [4.69, 9.17) is 10.4 Å². The lowest BCUT2D eigenvalue weighted by atomic mass is 10.1. The Bertz CT molecular complexity index is 1470. The van der Waals surface area contributed by atoms with Crippen molar-refractivity contribution in [3.05, 3.63) is 87.8 Å². The molecule has 1 saturated heterocycles. The second-order valence-corrected chi connectivity index (χ2v) is 8.60. The van der Waals surface area contributed by atoms with Crippen molar-refractivity contribution in [2.45, 2.75) is 19.9 Å². The van der Waals surface area contributed by atoms with Crippen molar-refractivity contribution >= 4 is 22.6 Å². The average molecular weight is 457 g/mol. The van der Waals surface area contributed by atoms with E-state index in [0.717, 1.165) is 25.2 Å². The molecule has 1 N–H and O–H groups in total. The zero-order valence-electron chi connectivity index (χ0n) is 19.3. The zero-order valence-corrected chi connectivity index (χ0v) is 19.3. The van der Waals surface area contributed by atoms with Gasteiger partial charge in [0.05, 0.1) is 10.9 Å².